The van der Waals surface area contributed by atoms with Crippen molar-refractivity contribution in [3.05, 3.63) is 65.7 Å². The highest BCUT2D eigenvalue weighted by molar-refractivity contribution is 5.25. The maximum absolute atomic E-state index is 10.5. The molecule has 1 aliphatic rings. The molecule has 0 saturated carbocycles. The fourth-order valence-electron chi connectivity index (χ4n) is 3.37. The van der Waals surface area contributed by atoms with E-state index in [2.05, 4.69) is 36.1 Å². The van der Waals surface area contributed by atoms with E-state index in [1.165, 1.54) is 11.1 Å². The first-order chi connectivity index (χ1) is 12.7. The largest absolute Gasteiger partial charge is 0.491 e. The topological polar surface area (TPSA) is 41.9 Å². The van der Waals surface area contributed by atoms with Gasteiger partial charge in [0.2, 0.25) is 0 Å². The average Bonchev–Trinajstić information content (AvgIpc) is 3.16. The molecule has 0 bridgehead atoms. The number of ether oxygens (including phenoxy) is 2. The van der Waals surface area contributed by atoms with E-state index in [-0.39, 0.29) is 6.10 Å². The van der Waals surface area contributed by atoms with Crippen LogP contribution in [0.3, 0.4) is 0 Å². The Hall–Kier alpha value is -1.88. The Balaban J connectivity index is 1.57. The van der Waals surface area contributed by atoms with Crippen LogP contribution in [-0.4, -0.2) is 48.5 Å². The van der Waals surface area contributed by atoms with E-state index in [4.69, 9.17) is 9.47 Å². The third-order valence-electron chi connectivity index (χ3n) is 4.80. The van der Waals surface area contributed by atoms with Gasteiger partial charge in [-0.3, -0.25) is 4.90 Å². The summed E-state index contributed by atoms with van der Waals surface area (Å²) in [4.78, 5) is 2.29. The minimum Gasteiger partial charge on any atom is -0.491 e. The van der Waals surface area contributed by atoms with E-state index in [0.717, 1.165) is 38.3 Å². The third kappa shape index (κ3) is 5.84. The number of aliphatic hydroxyl groups excluding tert-OH is 1. The van der Waals surface area contributed by atoms with Crippen molar-refractivity contribution in [1.82, 2.24) is 4.90 Å². The summed E-state index contributed by atoms with van der Waals surface area (Å²) in [5, 5.41) is 10.5. The molecule has 1 N–H and O–H groups in total. The second kappa shape index (κ2) is 9.72. The van der Waals surface area contributed by atoms with Crippen LogP contribution < -0.4 is 4.74 Å². The molecule has 1 fully saturated rings. The minimum absolute atomic E-state index is 0.265. The second-order valence-electron chi connectivity index (χ2n) is 7.03. The van der Waals surface area contributed by atoms with Gasteiger partial charge in [-0.05, 0) is 43.0 Å². The number of benzene rings is 2. The molecule has 0 amide bonds. The minimum atomic E-state index is -0.541. The van der Waals surface area contributed by atoms with Crippen molar-refractivity contribution in [2.45, 2.75) is 38.5 Å². The molecule has 0 aromatic heterocycles. The zero-order valence-corrected chi connectivity index (χ0v) is 15.5. The average molecular weight is 355 g/mol. The molecule has 140 valence electrons. The predicted octanol–water partition coefficient (Wildman–Crippen LogP) is 3.42. The molecular formula is C22H29NO3. The Kier molecular flexibility index (Phi) is 7.06. The predicted molar refractivity (Wildman–Crippen MR) is 103 cm³/mol. The second-order valence-corrected chi connectivity index (χ2v) is 7.03. The first kappa shape index (κ1) is 18.9. The highest BCUT2D eigenvalue weighted by atomic mass is 16.5. The van der Waals surface area contributed by atoms with Gasteiger partial charge >= 0.3 is 0 Å². The summed E-state index contributed by atoms with van der Waals surface area (Å²) in [5.41, 5.74) is 2.57. The molecule has 26 heavy (non-hydrogen) atoms. The zero-order valence-electron chi connectivity index (χ0n) is 15.5. The molecule has 4 heteroatoms. The van der Waals surface area contributed by atoms with Crippen molar-refractivity contribution in [2.24, 2.45) is 0 Å². The number of nitrogens with zero attached hydrogens (tertiary/aromatic N) is 1. The van der Waals surface area contributed by atoms with E-state index in [1.54, 1.807) is 0 Å². The Morgan fingerprint density at radius 3 is 2.65 bits per heavy atom. The molecule has 2 aromatic carbocycles. The summed E-state index contributed by atoms with van der Waals surface area (Å²) in [6.07, 6.45) is 1.95. The smallest absolute Gasteiger partial charge is 0.119 e. The molecule has 2 aromatic rings. The molecule has 0 aliphatic carbocycles. The highest BCUT2D eigenvalue weighted by Gasteiger charge is 2.21. The maximum Gasteiger partial charge on any atom is 0.119 e. The van der Waals surface area contributed by atoms with E-state index < -0.39 is 6.10 Å². The Bertz CT molecular complexity index is 655. The lowest BCUT2D eigenvalue weighted by molar-refractivity contribution is 0.0313. The van der Waals surface area contributed by atoms with Crippen LogP contribution in [0, 0.1) is 6.92 Å². The van der Waals surface area contributed by atoms with Gasteiger partial charge in [-0.25, -0.2) is 0 Å². The lowest BCUT2D eigenvalue weighted by atomic mass is 10.1. The molecule has 0 radical (unpaired) electrons. The van der Waals surface area contributed by atoms with E-state index >= 15 is 0 Å². The van der Waals surface area contributed by atoms with Crippen LogP contribution in [0.4, 0.5) is 0 Å². The molecule has 0 unspecified atom stereocenters. The van der Waals surface area contributed by atoms with Crippen LogP contribution in [0.25, 0.3) is 0 Å². The lowest BCUT2D eigenvalue weighted by Gasteiger charge is -2.28. The van der Waals surface area contributed by atoms with Crippen LogP contribution in [-0.2, 0) is 11.3 Å². The molecule has 1 aliphatic heterocycles. The Morgan fingerprint density at radius 2 is 1.92 bits per heavy atom. The molecule has 3 rings (SSSR count). The molecule has 1 saturated heterocycles. The van der Waals surface area contributed by atoms with Crippen LogP contribution in [0.5, 0.6) is 5.75 Å². The molecule has 2 atom stereocenters. The highest BCUT2D eigenvalue weighted by Crippen LogP contribution is 2.17. The summed E-state index contributed by atoms with van der Waals surface area (Å²) in [5.74, 6) is 0.788. The summed E-state index contributed by atoms with van der Waals surface area (Å²) in [7, 11) is 0. The van der Waals surface area contributed by atoms with Crippen LogP contribution in [0.2, 0.25) is 0 Å². The third-order valence-corrected chi connectivity index (χ3v) is 4.80. The lowest BCUT2D eigenvalue weighted by Crippen LogP contribution is -2.39. The molecular weight excluding hydrogens is 326 g/mol. The Labute approximate surface area is 156 Å². The zero-order chi connectivity index (χ0) is 18.2. The van der Waals surface area contributed by atoms with Crippen molar-refractivity contribution in [3.63, 3.8) is 0 Å². The van der Waals surface area contributed by atoms with E-state index in [1.807, 2.05) is 30.3 Å². The van der Waals surface area contributed by atoms with Gasteiger partial charge in [0, 0.05) is 26.2 Å². The fourth-order valence-corrected chi connectivity index (χ4v) is 3.37. The van der Waals surface area contributed by atoms with Crippen LogP contribution in [0.1, 0.15) is 24.0 Å². The van der Waals surface area contributed by atoms with Gasteiger partial charge in [0.15, 0.2) is 0 Å². The SMILES string of the molecule is Cc1ccccc1CN(C[C@@H](O)COc1ccccc1)C[C@@H]1CCCO1. The van der Waals surface area contributed by atoms with E-state index in [9.17, 15) is 5.11 Å². The van der Waals surface area contributed by atoms with Gasteiger partial charge in [-0.15, -0.1) is 0 Å². The van der Waals surface area contributed by atoms with Gasteiger partial charge < -0.3 is 14.6 Å². The molecule has 1 heterocycles. The first-order valence-electron chi connectivity index (χ1n) is 9.45. The molecule has 0 spiro atoms. The first-order valence-corrected chi connectivity index (χ1v) is 9.45. The fraction of sp³-hybridized carbons (Fsp3) is 0.455. The number of hydrogen-bond donors (Lipinski definition) is 1. The standard InChI is InChI=1S/C22H29NO3/c1-18-8-5-6-9-19(18)14-23(16-22-12-7-13-25-22)15-20(24)17-26-21-10-3-2-4-11-21/h2-6,8-11,20,22,24H,7,12-17H2,1H3/t20-,22+/m1/s1. The number of aliphatic hydroxyl groups is 1. The van der Waals surface area contributed by atoms with Gasteiger partial charge in [0.05, 0.1) is 6.10 Å². The van der Waals surface area contributed by atoms with Gasteiger partial charge in [-0.1, -0.05) is 42.5 Å². The normalized spacial score (nSPS) is 18.2. The van der Waals surface area contributed by atoms with Crippen molar-refractivity contribution in [3.8, 4) is 5.75 Å². The number of aryl methyl sites for hydroxylation is 1. The van der Waals surface area contributed by atoms with Crippen molar-refractivity contribution in [2.75, 3.05) is 26.3 Å². The van der Waals surface area contributed by atoms with E-state index in [0.29, 0.717) is 13.2 Å². The summed E-state index contributed by atoms with van der Waals surface area (Å²) >= 11 is 0. The van der Waals surface area contributed by atoms with Gasteiger partial charge in [0.1, 0.15) is 18.5 Å². The monoisotopic (exact) mass is 355 g/mol. The summed E-state index contributed by atoms with van der Waals surface area (Å²) < 4.78 is 11.5. The summed E-state index contributed by atoms with van der Waals surface area (Å²) in [6.45, 7) is 5.50. The quantitative estimate of drug-likeness (QED) is 0.748. The number of rotatable bonds is 9. The Morgan fingerprint density at radius 1 is 1.15 bits per heavy atom. The van der Waals surface area contributed by atoms with Crippen molar-refractivity contribution < 1.29 is 14.6 Å². The van der Waals surface area contributed by atoms with Gasteiger partial charge in [-0.2, -0.15) is 0 Å². The molecule has 4 nitrogen and oxygen atoms in total. The van der Waals surface area contributed by atoms with Gasteiger partial charge in [0.25, 0.3) is 0 Å². The van der Waals surface area contributed by atoms with Crippen molar-refractivity contribution in [1.29, 1.82) is 0 Å². The van der Waals surface area contributed by atoms with Crippen LogP contribution >= 0.6 is 0 Å². The summed E-state index contributed by atoms with van der Waals surface area (Å²) in [6, 6.07) is 18.1. The maximum atomic E-state index is 10.5. The van der Waals surface area contributed by atoms with Crippen LogP contribution in [0.15, 0.2) is 54.6 Å². The van der Waals surface area contributed by atoms with Crippen molar-refractivity contribution >= 4 is 0 Å². The number of para-hydroxylation sites is 1. The number of hydrogen-bond acceptors (Lipinski definition) is 4.